The largest absolute Gasteiger partial charge is 0.472 e. The molecule has 0 atom stereocenters. The van der Waals surface area contributed by atoms with Gasteiger partial charge in [0, 0.05) is 9.77 Å². The van der Waals surface area contributed by atoms with Crippen molar-refractivity contribution in [2.75, 3.05) is 0 Å². The molecule has 3 aromatic rings. The van der Waals surface area contributed by atoms with E-state index < -0.39 is 0 Å². The number of ether oxygens (including phenoxy) is 1. The Kier molecular flexibility index (Phi) is 4.14. The molecule has 0 N–H and O–H groups in total. The molecule has 0 bridgehead atoms. The maximum Gasteiger partial charge on any atom is 0.263 e. The van der Waals surface area contributed by atoms with Crippen molar-refractivity contribution in [2.45, 2.75) is 13.5 Å². The molecule has 0 spiro atoms. The summed E-state index contributed by atoms with van der Waals surface area (Å²) >= 11 is 2.19. The average Bonchev–Trinajstić information content (AvgIpc) is 2.93. The molecule has 0 saturated heterocycles. The number of benzene rings is 1. The van der Waals surface area contributed by atoms with Crippen LogP contribution in [0, 0.1) is 10.5 Å². The lowest BCUT2D eigenvalue weighted by Crippen LogP contribution is -1.99. The van der Waals surface area contributed by atoms with Gasteiger partial charge >= 0.3 is 0 Å². The highest BCUT2D eigenvalue weighted by atomic mass is 127. The minimum Gasteiger partial charge on any atom is -0.472 e. The van der Waals surface area contributed by atoms with Crippen LogP contribution >= 0.6 is 22.6 Å². The lowest BCUT2D eigenvalue weighted by atomic mass is 10.2. The molecule has 0 unspecified atom stereocenters. The SMILES string of the molecule is Cc1noc(-c2cc(I)cnc2OCc2ccccc2)n1. The Bertz CT molecular complexity index is 744. The van der Waals surface area contributed by atoms with Gasteiger partial charge in [-0.15, -0.1) is 0 Å². The maximum absolute atomic E-state index is 5.80. The van der Waals surface area contributed by atoms with E-state index in [4.69, 9.17) is 9.26 Å². The molecule has 6 heteroatoms. The van der Waals surface area contributed by atoms with Crippen LogP contribution in [0.25, 0.3) is 11.5 Å². The first-order chi connectivity index (χ1) is 10.2. The van der Waals surface area contributed by atoms with Crippen molar-refractivity contribution in [3.05, 3.63) is 57.6 Å². The fourth-order valence-electron chi connectivity index (χ4n) is 1.83. The summed E-state index contributed by atoms with van der Waals surface area (Å²) in [5.74, 6) is 1.49. The average molecular weight is 393 g/mol. The number of pyridine rings is 1. The molecule has 5 nitrogen and oxygen atoms in total. The number of aromatic nitrogens is 3. The topological polar surface area (TPSA) is 61.0 Å². The minimum atomic E-state index is 0.418. The van der Waals surface area contributed by atoms with Crippen molar-refractivity contribution >= 4 is 22.6 Å². The molecule has 3 rings (SSSR count). The van der Waals surface area contributed by atoms with Gasteiger partial charge in [0.25, 0.3) is 5.89 Å². The third-order valence-corrected chi connectivity index (χ3v) is 3.38. The fraction of sp³-hybridized carbons (Fsp3) is 0.133. The third kappa shape index (κ3) is 3.38. The van der Waals surface area contributed by atoms with E-state index in [1.54, 1.807) is 13.1 Å². The predicted molar refractivity (Wildman–Crippen MR) is 85.8 cm³/mol. The van der Waals surface area contributed by atoms with Gasteiger partial charge in [-0.1, -0.05) is 35.5 Å². The van der Waals surface area contributed by atoms with Gasteiger partial charge in [-0.05, 0) is 41.1 Å². The molecule has 0 radical (unpaired) electrons. The van der Waals surface area contributed by atoms with Crippen LogP contribution in [0.5, 0.6) is 5.88 Å². The van der Waals surface area contributed by atoms with Crippen LogP contribution < -0.4 is 4.74 Å². The lowest BCUT2D eigenvalue weighted by Gasteiger charge is -2.08. The first-order valence-electron chi connectivity index (χ1n) is 6.35. The Morgan fingerprint density at radius 3 is 2.76 bits per heavy atom. The van der Waals surface area contributed by atoms with Crippen LogP contribution in [0.1, 0.15) is 11.4 Å². The van der Waals surface area contributed by atoms with Gasteiger partial charge in [-0.25, -0.2) is 4.98 Å². The molecule has 2 aromatic heterocycles. The second-order valence-electron chi connectivity index (χ2n) is 4.43. The zero-order valence-corrected chi connectivity index (χ0v) is 13.4. The van der Waals surface area contributed by atoms with E-state index in [1.807, 2.05) is 36.4 Å². The summed E-state index contributed by atoms with van der Waals surface area (Å²) in [6.07, 6.45) is 1.74. The van der Waals surface area contributed by atoms with E-state index in [0.717, 1.165) is 9.13 Å². The number of halogens is 1. The van der Waals surface area contributed by atoms with Gasteiger partial charge in [0.2, 0.25) is 5.88 Å². The van der Waals surface area contributed by atoms with E-state index in [-0.39, 0.29) is 0 Å². The zero-order chi connectivity index (χ0) is 14.7. The van der Waals surface area contributed by atoms with Crippen LogP contribution in [-0.4, -0.2) is 15.1 Å². The third-order valence-electron chi connectivity index (χ3n) is 2.79. The highest BCUT2D eigenvalue weighted by Crippen LogP contribution is 2.28. The summed E-state index contributed by atoms with van der Waals surface area (Å²) < 4.78 is 12.0. The molecule has 0 amide bonds. The van der Waals surface area contributed by atoms with E-state index in [2.05, 4.69) is 37.7 Å². The van der Waals surface area contributed by atoms with Crippen molar-refractivity contribution in [1.82, 2.24) is 15.1 Å². The summed E-state index contributed by atoms with van der Waals surface area (Å²) in [6, 6.07) is 11.8. The molecular weight excluding hydrogens is 381 g/mol. The van der Waals surface area contributed by atoms with E-state index >= 15 is 0 Å². The number of hydrogen-bond acceptors (Lipinski definition) is 5. The van der Waals surface area contributed by atoms with Crippen LogP contribution in [0.3, 0.4) is 0 Å². The van der Waals surface area contributed by atoms with Gasteiger partial charge < -0.3 is 9.26 Å². The van der Waals surface area contributed by atoms with Crippen LogP contribution in [0.15, 0.2) is 47.1 Å². The highest BCUT2D eigenvalue weighted by Gasteiger charge is 2.15. The summed E-state index contributed by atoms with van der Waals surface area (Å²) in [5, 5.41) is 3.81. The molecule has 21 heavy (non-hydrogen) atoms. The zero-order valence-electron chi connectivity index (χ0n) is 11.3. The Balaban J connectivity index is 1.88. The molecule has 0 aliphatic carbocycles. The van der Waals surface area contributed by atoms with Crippen molar-refractivity contribution in [1.29, 1.82) is 0 Å². The number of aryl methyl sites for hydroxylation is 1. The number of hydrogen-bond donors (Lipinski definition) is 0. The molecule has 106 valence electrons. The van der Waals surface area contributed by atoms with Gasteiger partial charge in [0.05, 0.1) is 0 Å². The van der Waals surface area contributed by atoms with Crippen molar-refractivity contribution < 1.29 is 9.26 Å². The second kappa shape index (κ2) is 6.21. The summed E-state index contributed by atoms with van der Waals surface area (Å²) in [7, 11) is 0. The van der Waals surface area contributed by atoms with Gasteiger partial charge in [0.1, 0.15) is 12.2 Å². The maximum atomic E-state index is 5.80. The molecule has 0 aliphatic heterocycles. The molecular formula is C15H12IN3O2. The van der Waals surface area contributed by atoms with Crippen LogP contribution in [-0.2, 0) is 6.61 Å². The van der Waals surface area contributed by atoms with Crippen molar-refractivity contribution in [3.63, 3.8) is 0 Å². The second-order valence-corrected chi connectivity index (χ2v) is 5.67. The number of rotatable bonds is 4. The predicted octanol–water partition coefficient (Wildman–Crippen LogP) is 3.62. The van der Waals surface area contributed by atoms with Crippen molar-refractivity contribution in [2.24, 2.45) is 0 Å². The Labute approximate surface area is 135 Å². The quantitative estimate of drug-likeness (QED) is 0.634. The number of nitrogens with zero attached hydrogens (tertiary/aromatic N) is 3. The van der Waals surface area contributed by atoms with Gasteiger partial charge in [0.15, 0.2) is 5.82 Å². The molecule has 2 heterocycles. The normalized spacial score (nSPS) is 10.6. The molecule has 0 saturated carbocycles. The first kappa shape index (κ1) is 14.0. The Hall–Kier alpha value is -1.96. The van der Waals surface area contributed by atoms with Crippen molar-refractivity contribution in [3.8, 4) is 17.3 Å². The van der Waals surface area contributed by atoms with Crippen LogP contribution in [0.4, 0.5) is 0 Å². The highest BCUT2D eigenvalue weighted by molar-refractivity contribution is 14.1. The fourth-order valence-corrected chi connectivity index (χ4v) is 2.28. The van der Waals surface area contributed by atoms with Gasteiger partial charge in [-0.3, -0.25) is 0 Å². The Morgan fingerprint density at radius 1 is 1.24 bits per heavy atom. The monoisotopic (exact) mass is 393 g/mol. The standard InChI is InChI=1S/C15H12IN3O2/c1-10-18-15(21-19-10)13-7-12(16)8-17-14(13)20-9-11-5-3-2-4-6-11/h2-8H,9H2,1H3. The smallest absolute Gasteiger partial charge is 0.263 e. The van der Waals surface area contributed by atoms with E-state index in [1.165, 1.54) is 0 Å². The van der Waals surface area contributed by atoms with Gasteiger partial charge in [-0.2, -0.15) is 4.98 Å². The molecule has 0 fully saturated rings. The minimum absolute atomic E-state index is 0.418. The van der Waals surface area contributed by atoms with E-state index in [9.17, 15) is 0 Å². The first-order valence-corrected chi connectivity index (χ1v) is 7.43. The Morgan fingerprint density at radius 2 is 2.05 bits per heavy atom. The van der Waals surface area contributed by atoms with Crippen LogP contribution in [0.2, 0.25) is 0 Å². The molecule has 1 aromatic carbocycles. The summed E-state index contributed by atoms with van der Waals surface area (Å²) in [6.45, 7) is 2.22. The summed E-state index contributed by atoms with van der Waals surface area (Å²) in [4.78, 5) is 8.56. The van der Waals surface area contributed by atoms with E-state index in [0.29, 0.717) is 29.8 Å². The molecule has 0 aliphatic rings. The lowest BCUT2D eigenvalue weighted by molar-refractivity contribution is 0.293. The summed E-state index contributed by atoms with van der Waals surface area (Å²) in [5.41, 5.74) is 1.78.